The number of hydrogen-bond donors (Lipinski definition) is 0. The third-order valence-electron chi connectivity index (χ3n) is 1.55. The molecule has 56 valence electrons. The molecule has 0 saturated heterocycles. The van der Waals surface area contributed by atoms with Crippen LogP contribution in [0.25, 0.3) is 4.85 Å². The van der Waals surface area contributed by atoms with Crippen LogP contribution in [0.5, 0.6) is 0 Å². The van der Waals surface area contributed by atoms with Gasteiger partial charge in [-0.1, -0.05) is 0 Å². The van der Waals surface area contributed by atoms with Gasteiger partial charge >= 0.3 is 0 Å². The fraction of sp³-hybridized carbons (Fsp3) is 0.222. The summed E-state index contributed by atoms with van der Waals surface area (Å²) in [7, 11) is 0. The van der Waals surface area contributed by atoms with Crippen LogP contribution in [0.3, 0.4) is 0 Å². The van der Waals surface area contributed by atoms with E-state index >= 15 is 0 Å². The van der Waals surface area contributed by atoms with E-state index in [0.29, 0.717) is 6.54 Å². The van der Waals surface area contributed by atoms with Gasteiger partial charge < -0.3 is 4.85 Å². The molecule has 0 spiro atoms. The Balaban J connectivity index is 3.01. The summed E-state index contributed by atoms with van der Waals surface area (Å²) >= 11 is 0. The Morgan fingerprint density at radius 3 is 2.82 bits per heavy atom. The van der Waals surface area contributed by atoms with Gasteiger partial charge in [-0.25, -0.2) is 11.0 Å². The topological polar surface area (TPSA) is 4.36 Å². The third kappa shape index (κ3) is 1.78. The fourth-order valence-corrected chi connectivity index (χ4v) is 0.922. The summed E-state index contributed by atoms with van der Waals surface area (Å²) in [6, 6.07) is 4.48. The van der Waals surface area contributed by atoms with Gasteiger partial charge in [-0.05, 0) is 30.7 Å². The summed E-state index contributed by atoms with van der Waals surface area (Å²) in [5.74, 6) is -0.240. The lowest BCUT2D eigenvalue weighted by Crippen LogP contribution is -1.86. The summed E-state index contributed by atoms with van der Waals surface area (Å²) in [6.07, 6.45) is 0. The summed E-state index contributed by atoms with van der Waals surface area (Å²) in [5, 5.41) is 0. The van der Waals surface area contributed by atoms with Crippen molar-refractivity contribution in [2.24, 2.45) is 0 Å². The van der Waals surface area contributed by atoms with E-state index in [0.717, 1.165) is 11.1 Å². The SMILES string of the molecule is [C-]#[N+]Cc1ccc(F)cc1C. The average molecular weight is 149 g/mol. The monoisotopic (exact) mass is 149 g/mol. The zero-order valence-electron chi connectivity index (χ0n) is 6.26. The quantitative estimate of drug-likeness (QED) is 0.540. The molecule has 0 fully saturated rings. The largest absolute Gasteiger partial charge is 0.312 e. The number of benzene rings is 1. The van der Waals surface area contributed by atoms with E-state index in [-0.39, 0.29) is 5.82 Å². The van der Waals surface area contributed by atoms with Crippen molar-refractivity contribution >= 4 is 0 Å². The highest BCUT2D eigenvalue weighted by Crippen LogP contribution is 2.10. The predicted octanol–water partition coefficient (Wildman–Crippen LogP) is 2.55. The molecule has 0 saturated carbocycles. The van der Waals surface area contributed by atoms with Crippen LogP contribution >= 0.6 is 0 Å². The molecular formula is C9H8FN. The molecule has 0 aromatic heterocycles. The first-order valence-corrected chi connectivity index (χ1v) is 3.32. The Kier molecular flexibility index (Phi) is 2.22. The molecule has 2 heteroatoms. The first kappa shape index (κ1) is 7.74. The average Bonchev–Trinajstić information content (AvgIpc) is 1.95. The molecule has 0 aliphatic carbocycles. The van der Waals surface area contributed by atoms with Crippen molar-refractivity contribution in [3.63, 3.8) is 0 Å². The molecule has 1 rings (SSSR count). The second kappa shape index (κ2) is 3.16. The molecule has 11 heavy (non-hydrogen) atoms. The van der Waals surface area contributed by atoms with Gasteiger partial charge in [0.05, 0.1) is 0 Å². The van der Waals surface area contributed by atoms with Crippen LogP contribution in [0.15, 0.2) is 18.2 Å². The standard InChI is InChI=1S/C9H8FN/c1-7-5-9(10)4-3-8(7)6-11-2/h3-5H,6H2,1H3. The lowest BCUT2D eigenvalue weighted by Gasteiger charge is -1.97. The molecule has 0 amide bonds. The van der Waals surface area contributed by atoms with Crippen molar-refractivity contribution in [3.8, 4) is 0 Å². The van der Waals surface area contributed by atoms with Crippen molar-refractivity contribution in [1.29, 1.82) is 0 Å². The summed E-state index contributed by atoms with van der Waals surface area (Å²) in [4.78, 5) is 3.22. The zero-order valence-corrected chi connectivity index (χ0v) is 6.26. The van der Waals surface area contributed by atoms with Crippen LogP contribution in [0, 0.1) is 19.3 Å². The maximum absolute atomic E-state index is 12.5. The molecule has 0 aliphatic heterocycles. The Hall–Kier alpha value is -1.36. The Morgan fingerprint density at radius 1 is 1.55 bits per heavy atom. The maximum atomic E-state index is 12.5. The lowest BCUT2D eigenvalue weighted by atomic mass is 10.1. The Morgan fingerprint density at radius 2 is 2.27 bits per heavy atom. The van der Waals surface area contributed by atoms with Crippen LogP contribution in [-0.2, 0) is 6.54 Å². The molecule has 0 heterocycles. The van der Waals surface area contributed by atoms with Crippen LogP contribution in [0.2, 0.25) is 0 Å². The zero-order chi connectivity index (χ0) is 8.27. The van der Waals surface area contributed by atoms with E-state index in [1.165, 1.54) is 12.1 Å². The number of rotatable bonds is 1. The van der Waals surface area contributed by atoms with Gasteiger partial charge in [-0.3, -0.25) is 0 Å². The second-order valence-electron chi connectivity index (χ2n) is 2.39. The van der Waals surface area contributed by atoms with E-state index < -0.39 is 0 Å². The van der Waals surface area contributed by atoms with Crippen LogP contribution < -0.4 is 0 Å². The van der Waals surface area contributed by atoms with Gasteiger partial charge in [0, 0.05) is 5.56 Å². The van der Waals surface area contributed by atoms with Gasteiger partial charge in [-0.15, -0.1) is 0 Å². The first-order valence-electron chi connectivity index (χ1n) is 3.32. The molecule has 0 unspecified atom stereocenters. The van der Waals surface area contributed by atoms with E-state index in [2.05, 4.69) is 4.85 Å². The molecule has 1 aromatic carbocycles. The minimum absolute atomic E-state index is 0.240. The van der Waals surface area contributed by atoms with E-state index in [1.54, 1.807) is 6.07 Å². The smallest absolute Gasteiger partial charge is 0.240 e. The molecule has 0 N–H and O–H groups in total. The number of aryl methyl sites for hydroxylation is 1. The van der Waals surface area contributed by atoms with Gasteiger partial charge in [0.1, 0.15) is 5.82 Å². The van der Waals surface area contributed by atoms with Crippen LogP contribution in [0.1, 0.15) is 11.1 Å². The van der Waals surface area contributed by atoms with Gasteiger partial charge in [0.25, 0.3) is 0 Å². The minimum atomic E-state index is -0.240. The van der Waals surface area contributed by atoms with Crippen molar-refractivity contribution in [2.75, 3.05) is 0 Å². The number of hydrogen-bond acceptors (Lipinski definition) is 0. The molecule has 0 atom stereocenters. The number of nitrogens with zero attached hydrogens (tertiary/aromatic N) is 1. The van der Waals surface area contributed by atoms with E-state index in [9.17, 15) is 4.39 Å². The highest BCUT2D eigenvalue weighted by Gasteiger charge is 2.00. The fourth-order valence-electron chi connectivity index (χ4n) is 0.922. The Labute approximate surface area is 65.3 Å². The van der Waals surface area contributed by atoms with Crippen molar-refractivity contribution in [1.82, 2.24) is 0 Å². The summed E-state index contributed by atoms with van der Waals surface area (Å²) < 4.78 is 12.5. The summed E-state index contributed by atoms with van der Waals surface area (Å²) in [6.45, 7) is 8.77. The molecular weight excluding hydrogens is 141 g/mol. The Bertz CT molecular complexity index is 299. The second-order valence-corrected chi connectivity index (χ2v) is 2.39. The number of halogens is 1. The van der Waals surface area contributed by atoms with Crippen LogP contribution in [-0.4, -0.2) is 0 Å². The normalized spacial score (nSPS) is 9.18. The van der Waals surface area contributed by atoms with Gasteiger partial charge in [-0.2, -0.15) is 0 Å². The highest BCUT2D eigenvalue weighted by atomic mass is 19.1. The third-order valence-corrected chi connectivity index (χ3v) is 1.55. The predicted molar refractivity (Wildman–Crippen MR) is 41.4 cm³/mol. The van der Waals surface area contributed by atoms with E-state index in [1.807, 2.05) is 6.92 Å². The lowest BCUT2D eigenvalue weighted by molar-refractivity contribution is 0.626. The van der Waals surface area contributed by atoms with Crippen LogP contribution in [0.4, 0.5) is 4.39 Å². The first-order chi connectivity index (χ1) is 5.24. The molecule has 0 aliphatic rings. The minimum Gasteiger partial charge on any atom is -0.312 e. The van der Waals surface area contributed by atoms with Gasteiger partial charge in [0.2, 0.25) is 6.54 Å². The van der Waals surface area contributed by atoms with Crippen molar-refractivity contribution in [2.45, 2.75) is 13.5 Å². The molecule has 0 bridgehead atoms. The molecule has 0 radical (unpaired) electrons. The van der Waals surface area contributed by atoms with Gasteiger partial charge in [0.15, 0.2) is 0 Å². The van der Waals surface area contributed by atoms with Crippen molar-refractivity contribution in [3.05, 3.63) is 46.6 Å². The highest BCUT2D eigenvalue weighted by molar-refractivity contribution is 5.27. The summed E-state index contributed by atoms with van der Waals surface area (Å²) in [5.41, 5.74) is 1.75. The molecule has 1 nitrogen and oxygen atoms in total. The van der Waals surface area contributed by atoms with Crippen molar-refractivity contribution < 1.29 is 4.39 Å². The maximum Gasteiger partial charge on any atom is 0.240 e. The molecule has 1 aromatic rings. The van der Waals surface area contributed by atoms with E-state index in [4.69, 9.17) is 6.57 Å².